The third kappa shape index (κ3) is 5.58. The molecule has 0 aliphatic carbocycles. The number of ether oxygens (including phenoxy) is 3. The zero-order valence-corrected chi connectivity index (χ0v) is 15.7. The van der Waals surface area contributed by atoms with E-state index in [2.05, 4.69) is 48.6 Å². The minimum absolute atomic E-state index is 0.315. The van der Waals surface area contributed by atoms with Crippen LogP contribution in [0.2, 0.25) is 0 Å². The fourth-order valence-electron chi connectivity index (χ4n) is 2.27. The largest absolute Gasteiger partial charge is 0.488 e. The molecule has 1 unspecified atom stereocenters. The molecule has 132 valence electrons. The first-order valence-corrected chi connectivity index (χ1v) is 9.27. The summed E-state index contributed by atoms with van der Waals surface area (Å²) in [5, 5.41) is 2.57. The van der Waals surface area contributed by atoms with E-state index in [-0.39, 0.29) is 6.29 Å². The van der Waals surface area contributed by atoms with Gasteiger partial charge in [0.25, 0.3) is 0 Å². The first-order valence-electron chi connectivity index (χ1n) is 8.33. The van der Waals surface area contributed by atoms with E-state index in [1.165, 1.54) is 5.70 Å². The molecule has 1 heterocycles. The SMILES string of the molecule is CCOC(COc1ccc(C=CC2SC=C(C)N2C)cc1)OCC. The van der Waals surface area contributed by atoms with Gasteiger partial charge in [0, 0.05) is 26.0 Å². The summed E-state index contributed by atoms with van der Waals surface area (Å²) < 4.78 is 16.7. The first kappa shape index (κ1) is 18.9. The lowest BCUT2D eigenvalue weighted by Gasteiger charge is -2.19. The Morgan fingerprint density at radius 2 is 1.83 bits per heavy atom. The average Bonchev–Trinajstić information content (AvgIpc) is 2.91. The van der Waals surface area contributed by atoms with Crippen molar-refractivity contribution in [1.82, 2.24) is 4.90 Å². The van der Waals surface area contributed by atoms with Gasteiger partial charge >= 0.3 is 0 Å². The van der Waals surface area contributed by atoms with Crippen LogP contribution in [0, 0.1) is 0 Å². The van der Waals surface area contributed by atoms with Crippen LogP contribution in [-0.4, -0.2) is 43.4 Å². The summed E-state index contributed by atoms with van der Waals surface area (Å²) in [5.41, 5.74) is 2.46. The van der Waals surface area contributed by atoms with E-state index < -0.39 is 0 Å². The summed E-state index contributed by atoms with van der Waals surface area (Å²) in [6.07, 6.45) is 4.05. The Hall–Kier alpha value is -1.43. The molecule has 0 spiro atoms. The number of hydrogen-bond acceptors (Lipinski definition) is 5. The van der Waals surface area contributed by atoms with E-state index in [0.717, 1.165) is 11.3 Å². The Labute approximate surface area is 149 Å². The normalized spacial score (nSPS) is 17.8. The number of allylic oxidation sites excluding steroid dienone is 1. The highest BCUT2D eigenvalue weighted by atomic mass is 32.2. The van der Waals surface area contributed by atoms with Gasteiger partial charge in [-0.15, -0.1) is 11.8 Å². The number of hydrogen-bond donors (Lipinski definition) is 0. The molecule has 1 aromatic rings. The van der Waals surface area contributed by atoms with E-state index in [1.54, 1.807) is 0 Å². The minimum Gasteiger partial charge on any atom is -0.488 e. The van der Waals surface area contributed by atoms with Crippen LogP contribution >= 0.6 is 11.8 Å². The summed E-state index contributed by atoms with van der Waals surface area (Å²) in [6, 6.07) is 8.07. The Morgan fingerprint density at radius 1 is 1.17 bits per heavy atom. The number of thioether (sulfide) groups is 1. The molecule has 2 rings (SSSR count). The highest BCUT2D eigenvalue weighted by Gasteiger charge is 2.17. The topological polar surface area (TPSA) is 30.9 Å². The molecular formula is C19H27NO3S. The Balaban J connectivity index is 1.84. The van der Waals surface area contributed by atoms with Crippen molar-refractivity contribution in [3.05, 3.63) is 47.0 Å². The average molecular weight is 349 g/mol. The second kappa shape index (κ2) is 9.77. The number of benzene rings is 1. The molecule has 1 aliphatic rings. The lowest BCUT2D eigenvalue weighted by Crippen LogP contribution is -2.25. The lowest BCUT2D eigenvalue weighted by molar-refractivity contribution is -0.152. The van der Waals surface area contributed by atoms with Crippen molar-refractivity contribution < 1.29 is 14.2 Å². The zero-order valence-electron chi connectivity index (χ0n) is 14.9. The maximum atomic E-state index is 5.74. The van der Waals surface area contributed by atoms with Crippen molar-refractivity contribution in [3.8, 4) is 5.75 Å². The summed E-state index contributed by atoms with van der Waals surface area (Å²) in [4.78, 5) is 2.26. The van der Waals surface area contributed by atoms with Crippen LogP contribution in [0.1, 0.15) is 26.3 Å². The zero-order chi connectivity index (χ0) is 17.4. The van der Waals surface area contributed by atoms with Crippen LogP contribution in [0.5, 0.6) is 5.75 Å². The molecule has 1 aromatic carbocycles. The quantitative estimate of drug-likeness (QED) is 0.619. The van der Waals surface area contributed by atoms with Crippen LogP contribution in [0.25, 0.3) is 6.08 Å². The fraction of sp³-hybridized carbons (Fsp3) is 0.474. The Morgan fingerprint density at radius 3 is 2.38 bits per heavy atom. The third-order valence-electron chi connectivity index (χ3n) is 3.74. The Kier molecular flexibility index (Phi) is 7.69. The van der Waals surface area contributed by atoms with Gasteiger partial charge in [-0.1, -0.05) is 24.3 Å². The first-order chi connectivity index (χ1) is 11.6. The fourth-order valence-corrected chi connectivity index (χ4v) is 3.29. The molecule has 0 N–H and O–H groups in total. The number of likely N-dealkylation sites (N-methyl/N-ethyl adjacent to an activating group) is 1. The van der Waals surface area contributed by atoms with Crippen molar-refractivity contribution >= 4 is 17.8 Å². The Bertz CT molecular complexity index is 550. The highest BCUT2D eigenvalue weighted by molar-refractivity contribution is 8.03. The van der Waals surface area contributed by atoms with Crippen LogP contribution < -0.4 is 4.74 Å². The van der Waals surface area contributed by atoms with E-state index in [9.17, 15) is 0 Å². The predicted octanol–water partition coefficient (Wildman–Crippen LogP) is 4.34. The van der Waals surface area contributed by atoms with Crippen LogP contribution in [0.3, 0.4) is 0 Å². The van der Waals surface area contributed by atoms with Gasteiger partial charge in [0.05, 0.1) is 5.37 Å². The molecule has 0 saturated carbocycles. The van der Waals surface area contributed by atoms with Crippen molar-refractivity contribution in [2.24, 2.45) is 0 Å². The summed E-state index contributed by atoms with van der Waals surface area (Å²) in [7, 11) is 2.12. The maximum absolute atomic E-state index is 5.74. The van der Waals surface area contributed by atoms with E-state index in [1.807, 2.05) is 37.7 Å². The molecule has 0 bridgehead atoms. The van der Waals surface area contributed by atoms with Crippen molar-refractivity contribution in [2.45, 2.75) is 32.4 Å². The highest BCUT2D eigenvalue weighted by Crippen LogP contribution is 2.30. The molecular weight excluding hydrogens is 322 g/mol. The molecule has 0 amide bonds. The standard InChI is InChI=1S/C19H27NO3S/c1-5-21-19(22-6-2)13-23-17-10-7-16(8-11-17)9-12-18-20(4)15(3)14-24-18/h7-12,14,18-19H,5-6,13H2,1-4H3. The molecule has 0 saturated heterocycles. The van der Waals surface area contributed by atoms with Crippen molar-refractivity contribution in [2.75, 3.05) is 26.9 Å². The maximum Gasteiger partial charge on any atom is 0.191 e. The molecule has 1 aliphatic heterocycles. The smallest absolute Gasteiger partial charge is 0.191 e. The van der Waals surface area contributed by atoms with Gasteiger partial charge in [-0.25, -0.2) is 0 Å². The van der Waals surface area contributed by atoms with Gasteiger partial charge in [0.2, 0.25) is 0 Å². The van der Waals surface area contributed by atoms with Crippen molar-refractivity contribution in [3.63, 3.8) is 0 Å². The summed E-state index contributed by atoms with van der Waals surface area (Å²) in [6.45, 7) is 7.64. The van der Waals surface area contributed by atoms with Crippen LogP contribution in [0.4, 0.5) is 0 Å². The predicted molar refractivity (Wildman–Crippen MR) is 101 cm³/mol. The molecule has 0 radical (unpaired) electrons. The molecule has 4 nitrogen and oxygen atoms in total. The second-order valence-corrected chi connectivity index (χ2v) is 6.47. The van der Waals surface area contributed by atoms with Crippen molar-refractivity contribution in [1.29, 1.82) is 0 Å². The lowest BCUT2D eigenvalue weighted by atomic mass is 10.2. The minimum atomic E-state index is -0.315. The van der Waals surface area contributed by atoms with E-state index in [0.29, 0.717) is 25.2 Å². The van der Waals surface area contributed by atoms with Gasteiger partial charge in [-0.05, 0) is 43.9 Å². The number of nitrogens with zero attached hydrogens (tertiary/aromatic N) is 1. The van der Waals surface area contributed by atoms with E-state index >= 15 is 0 Å². The molecule has 0 fully saturated rings. The van der Waals surface area contributed by atoms with Gasteiger partial charge in [0.15, 0.2) is 6.29 Å². The monoisotopic (exact) mass is 349 g/mol. The number of rotatable bonds is 9. The van der Waals surface area contributed by atoms with Gasteiger partial charge in [-0.2, -0.15) is 0 Å². The summed E-state index contributed by atoms with van der Waals surface area (Å²) >= 11 is 1.83. The van der Waals surface area contributed by atoms with Crippen LogP contribution in [0.15, 0.2) is 41.4 Å². The molecule has 0 aromatic heterocycles. The summed E-state index contributed by atoms with van der Waals surface area (Å²) in [5.74, 6) is 0.821. The van der Waals surface area contributed by atoms with Gasteiger partial charge in [-0.3, -0.25) is 0 Å². The second-order valence-electron chi connectivity index (χ2n) is 5.48. The third-order valence-corrected chi connectivity index (χ3v) is 4.97. The van der Waals surface area contributed by atoms with Gasteiger partial charge in [0.1, 0.15) is 12.4 Å². The molecule has 5 heteroatoms. The molecule has 24 heavy (non-hydrogen) atoms. The van der Waals surface area contributed by atoms with Gasteiger partial charge < -0.3 is 19.1 Å². The van der Waals surface area contributed by atoms with Crippen LogP contribution in [-0.2, 0) is 9.47 Å². The molecule has 1 atom stereocenters. The van der Waals surface area contributed by atoms with E-state index in [4.69, 9.17) is 14.2 Å².